The first-order valence-corrected chi connectivity index (χ1v) is 9.31. The largest absolute Gasteiger partial charge is 0.462 e. The Morgan fingerprint density at radius 2 is 2.00 bits per heavy atom. The van der Waals surface area contributed by atoms with Crippen molar-refractivity contribution < 1.29 is 34.0 Å². The van der Waals surface area contributed by atoms with Crippen molar-refractivity contribution in [2.24, 2.45) is 0 Å². The fourth-order valence-corrected chi connectivity index (χ4v) is 3.16. The van der Waals surface area contributed by atoms with Crippen molar-refractivity contribution in [1.82, 2.24) is 5.32 Å². The molecule has 1 heterocycles. The minimum absolute atomic E-state index is 0.138. The highest BCUT2D eigenvalue weighted by atomic mass is 19.1. The highest BCUT2D eigenvalue weighted by molar-refractivity contribution is 5.73. The van der Waals surface area contributed by atoms with E-state index >= 15 is 0 Å². The maximum Gasteiger partial charge on any atom is 0.228 e. The Kier molecular flexibility index (Phi) is 6.81. The van der Waals surface area contributed by atoms with E-state index in [0.29, 0.717) is 29.8 Å². The molecule has 2 aromatic rings. The molecule has 0 aliphatic carbocycles. The molecular weight excluding hydrogens is 381 g/mol. The summed E-state index contributed by atoms with van der Waals surface area (Å²) < 4.78 is 24.7. The number of nitrogens with one attached hydrogen (secondary N) is 1. The van der Waals surface area contributed by atoms with E-state index in [1.165, 1.54) is 19.1 Å². The smallest absolute Gasteiger partial charge is 0.228 e. The molecule has 4 atom stereocenters. The Morgan fingerprint density at radius 3 is 2.72 bits per heavy atom. The van der Waals surface area contributed by atoms with Crippen molar-refractivity contribution in [3.05, 3.63) is 53.8 Å². The first kappa shape index (κ1) is 21.2. The molecule has 1 unspecified atom stereocenters. The summed E-state index contributed by atoms with van der Waals surface area (Å²) in [5.41, 5.74) is 2.21. The van der Waals surface area contributed by atoms with Gasteiger partial charge in [0.25, 0.3) is 0 Å². The van der Waals surface area contributed by atoms with E-state index in [1.807, 2.05) is 0 Å². The lowest BCUT2D eigenvalue weighted by atomic mass is 9.97. The topological polar surface area (TPSA) is 108 Å². The number of aliphatic hydroxyl groups excluding tert-OH is 3. The molecule has 0 saturated carbocycles. The van der Waals surface area contributed by atoms with Crippen LogP contribution in [0.4, 0.5) is 4.39 Å². The van der Waals surface area contributed by atoms with Crippen LogP contribution in [0.2, 0.25) is 0 Å². The Balaban J connectivity index is 1.85. The Bertz CT molecular complexity index is 861. The molecule has 0 spiro atoms. The fourth-order valence-electron chi connectivity index (χ4n) is 3.16. The van der Waals surface area contributed by atoms with Crippen LogP contribution in [0.5, 0.6) is 5.75 Å². The third kappa shape index (κ3) is 5.30. The monoisotopic (exact) mass is 405 g/mol. The first-order chi connectivity index (χ1) is 13.8. The number of halogens is 1. The fraction of sp³-hybridized carbons (Fsp3) is 0.381. The van der Waals surface area contributed by atoms with E-state index in [2.05, 4.69) is 5.32 Å². The minimum Gasteiger partial charge on any atom is -0.462 e. The first-order valence-electron chi connectivity index (χ1n) is 9.31. The summed E-state index contributed by atoms with van der Waals surface area (Å²) >= 11 is 0. The lowest BCUT2D eigenvalue weighted by Gasteiger charge is -2.35. The van der Waals surface area contributed by atoms with Crippen molar-refractivity contribution in [1.29, 1.82) is 0 Å². The summed E-state index contributed by atoms with van der Waals surface area (Å²) in [4.78, 5) is 11.1. The van der Waals surface area contributed by atoms with Crippen molar-refractivity contribution >= 4 is 5.91 Å². The van der Waals surface area contributed by atoms with Gasteiger partial charge in [-0.3, -0.25) is 4.79 Å². The van der Waals surface area contributed by atoms with Gasteiger partial charge in [-0.05, 0) is 47.4 Å². The zero-order valence-corrected chi connectivity index (χ0v) is 15.9. The van der Waals surface area contributed by atoms with Crippen LogP contribution in [0.15, 0.2) is 42.5 Å². The number of benzene rings is 2. The molecule has 29 heavy (non-hydrogen) atoms. The standard InChI is InChI=1S/C21H24FNO6/c1-12(24)23-8-7-13-5-6-16(10-17(13)14-3-2-4-15(22)9-14)29-21-20(27)19(26)18(25)11-28-21/h2-6,9-10,18-21,25-27H,7-8,11H2,1H3,(H,23,24)/t18-,19-,20+,21?/m1/s1. The predicted molar refractivity (Wildman–Crippen MR) is 103 cm³/mol. The highest BCUT2D eigenvalue weighted by Gasteiger charge is 2.39. The molecule has 2 aromatic carbocycles. The maximum atomic E-state index is 13.8. The summed E-state index contributed by atoms with van der Waals surface area (Å²) in [6.45, 7) is 1.69. The van der Waals surface area contributed by atoms with Gasteiger partial charge in [0.15, 0.2) is 0 Å². The van der Waals surface area contributed by atoms with Crippen LogP contribution < -0.4 is 10.1 Å². The van der Waals surface area contributed by atoms with Gasteiger partial charge in [-0.2, -0.15) is 0 Å². The van der Waals surface area contributed by atoms with Gasteiger partial charge in [0.05, 0.1) is 6.61 Å². The van der Waals surface area contributed by atoms with Gasteiger partial charge < -0.3 is 30.1 Å². The van der Waals surface area contributed by atoms with E-state index in [9.17, 15) is 24.5 Å². The van der Waals surface area contributed by atoms with Crippen LogP contribution in [0.25, 0.3) is 11.1 Å². The van der Waals surface area contributed by atoms with E-state index in [0.717, 1.165) is 5.56 Å². The summed E-state index contributed by atoms with van der Waals surface area (Å²) in [6, 6.07) is 11.2. The number of aliphatic hydroxyl groups is 3. The summed E-state index contributed by atoms with van der Waals surface area (Å²) in [5.74, 6) is -0.175. The van der Waals surface area contributed by atoms with Crippen LogP contribution in [0, 0.1) is 5.82 Å². The van der Waals surface area contributed by atoms with Gasteiger partial charge in [0.1, 0.15) is 29.9 Å². The molecule has 0 radical (unpaired) electrons. The second-order valence-electron chi connectivity index (χ2n) is 6.93. The molecule has 1 amide bonds. The third-order valence-electron chi connectivity index (χ3n) is 4.69. The van der Waals surface area contributed by atoms with Gasteiger partial charge in [-0.15, -0.1) is 0 Å². The van der Waals surface area contributed by atoms with Crippen molar-refractivity contribution in [2.45, 2.75) is 37.9 Å². The molecule has 0 aromatic heterocycles. The van der Waals surface area contributed by atoms with Crippen molar-refractivity contribution in [2.75, 3.05) is 13.2 Å². The van der Waals surface area contributed by atoms with E-state index in [4.69, 9.17) is 9.47 Å². The highest BCUT2D eigenvalue weighted by Crippen LogP contribution is 2.30. The Labute approximate surface area is 167 Å². The molecule has 7 nitrogen and oxygen atoms in total. The zero-order chi connectivity index (χ0) is 21.0. The number of hydrogen-bond donors (Lipinski definition) is 4. The van der Waals surface area contributed by atoms with Gasteiger partial charge in [-0.1, -0.05) is 18.2 Å². The molecule has 1 aliphatic rings. The number of carbonyl (C=O) groups excluding carboxylic acids is 1. The summed E-state index contributed by atoms with van der Waals surface area (Å²) in [7, 11) is 0. The Morgan fingerprint density at radius 1 is 1.21 bits per heavy atom. The van der Waals surface area contributed by atoms with Crippen LogP contribution in [0.1, 0.15) is 12.5 Å². The second-order valence-corrected chi connectivity index (χ2v) is 6.93. The molecule has 0 bridgehead atoms. The van der Waals surface area contributed by atoms with Crippen LogP contribution in [-0.4, -0.2) is 59.0 Å². The molecule has 1 aliphatic heterocycles. The molecule has 1 saturated heterocycles. The molecule has 3 rings (SSSR count). The van der Waals surface area contributed by atoms with E-state index < -0.39 is 24.6 Å². The quantitative estimate of drug-likeness (QED) is 0.571. The van der Waals surface area contributed by atoms with E-state index in [-0.39, 0.29) is 18.3 Å². The SMILES string of the molecule is CC(=O)NCCc1ccc(OC2OC[C@@H](O)[C@@H](O)[C@@H]2O)cc1-c1cccc(F)c1. The number of rotatable bonds is 6. The van der Waals surface area contributed by atoms with Gasteiger partial charge >= 0.3 is 0 Å². The lowest BCUT2D eigenvalue weighted by Crippen LogP contribution is -2.54. The van der Waals surface area contributed by atoms with Crippen LogP contribution in [-0.2, 0) is 16.0 Å². The molecule has 1 fully saturated rings. The van der Waals surface area contributed by atoms with Gasteiger partial charge in [0, 0.05) is 13.5 Å². The molecule has 8 heteroatoms. The molecule has 156 valence electrons. The predicted octanol–water partition coefficient (Wildman–Crippen LogP) is 0.989. The van der Waals surface area contributed by atoms with Crippen LogP contribution in [0.3, 0.4) is 0 Å². The minimum atomic E-state index is -1.42. The molecular formula is C21H24FNO6. The van der Waals surface area contributed by atoms with Gasteiger partial charge in [0.2, 0.25) is 12.2 Å². The van der Waals surface area contributed by atoms with Crippen molar-refractivity contribution in [3.63, 3.8) is 0 Å². The maximum absolute atomic E-state index is 13.8. The van der Waals surface area contributed by atoms with Gasteiger partial charge in [-0.25, -0.2) is 4.39 Å². The average Bonchev–Trinajstić information content (AvgIpc) is 2.69. The lowest BCUT2D eigenvalue weighted by molar-refractivity contribution is -0.242. The number of amides is 1. The van der Waals surface area contributed by atoms with Crippen molar-refractivity contribution in [3.8, 4) is 16.9 Å². The zero-order valence-electron chi connectivity index (χ0n) is 15.9. The number of ether oxygens (including phenoxy) is 2. The second kappa shape index (κ2) is 9.32. The number of hydrogen-bond acceptors (Lipinski definition) is 6. The van der Waals surface area contributed by atoms with Crippen LogP contribution >= 0.6 is 0 Å². The van der Waals surface area contributed by atoms with E-state index in [1.54, 1.807) is 30.3 Å². The third-order valence-corrected chi connectivity index (χ3v) is 4.69. The molecule has 4 N–H and O–H groups in total. The number of carbonyl (C=O) groups is 1. The Hall–Kier alpha value is -2.52. The average molecular weight is 405 g/mol. The summed E-state index contributed by atoms with van der Waals surface area (Å²) in [5, 5.41) is 32.2. The normalized spacial score (nSPS) is 24.2. The summed E-state index contributed by atoms with van der Waals surface area (Å²) in [6.07, 6.45) is -4.62.